The first kappa shape index (κ1) is 13.7. The van der Waals surface area contributed by atoms with E-state index in [9.17, 15) is 13.6 Å². The number of carbonyl (C=O) groups excluding carboxylic acids is 1. The summed E-state index contributed by atoms with van der Waals surface area (Å²) in [5.74, 6) is -1.90. The first-order valence-corrected chi connectivity index (χ1v) is 6.29. The van der Waals surface area contributed by atoms with Crippen molar-refractivity contribution in [2.45, 2.75) is 6.92 Å². The molecule has 0 aliphatic rings. The van der Waals surface area contributed by atoms with Crippen LogP contribution in [0.5, 0.6) is 0 Å². The summed E-state index contributed by atoms with van der Waals surface area (Å²) < 4.78 is 27.7. The van der Waals surface area contributed by atoms with Crippen molar-refractivity contribution in [2.24, 2.45) is 0 Å². The lowest BCUT2D eigenvalue weighted by Gasteiger charge is -2.08. The monoisotopic (exact) mass is 325 g/mol. The molecule has 98 valence electrons. The molecule has 0 bridgehead atoms. The van der Waals surface area contributed by atoms with Crippen molar-refractivity contribution >= 4 is 27.5 Å². The zero-order valence-electron chi connectivity index (χ0n) is 10.0. The zero-order chi connectivity index (χ0) is 14.0. The molecule has 0 unspecified atom stereocenters. The topological polar surface area (TPSA) is 29.1 Å². The molecule has 2 rings (SSSR count). The minimum Gasteiger partial charge on any atom is -0.319 e. The lowest BCUT2D eigenvalue weighted by molar-refractivity contribution is 0.102. The molecule has 0 spiro atoms. The van der Waals surface area contributed by atoms with E-state index in [1.54, 1.807) is 19.1 Å². The lowest BCUT2D eigenvalue weighted by Crippen LogP contribution is -2.15. The number of aryl methyl sites for hydroxylation is 1. The number of rotatable bonds is 2. The largest absolute Gasteiger partial charge is 0.319 e. The minimum absolute atomic E-state index is 0.00843. The summed E-state index contributed by atoms with van der Waals surface area (Å²) in [7, 11) is 0. The van der Waals surface area contributed by atoms with Gasteiger partial charge in [-0.3, -0.25) is 4.79 Å². The molecular formula is C14H10BrF2NO. The number of amides is 1. The van der Waals surface area contributed by atoms with E-state index in [0.717, 1.165) is 5.56 Å². The molecule has 2 aromatic rings. The van der Waals surface area contributed by atoms with Crippen molar-refractivity contribution in [3.63, 3.8) is 0 Å². The molecule has 0 radical (unpaired) electrons. The minimum atomic E-state index is -0.678. The van der Waals surface area contributed by atoms with Crippen LogP contribution in [0, 0.1) is 18.6 Å². The van der Waals surface area contributed by atoms with Crippen molar-refractivity contribution in [2.75, 3.05) is 5.32 Å². The summed E-state index contributed by atoms with van der Waals surface area (Å²) in [6, 6.07) is 8.41. The van der Waals surface area contributed by atoms with Gasteiger partial charge in [-0.25, -0.2) is 8.78 Å². The van der Waals surface area contributed by atoms with Crippen LogP contribution >= 0.6 is 15.9 Å². The van der Waals surface area contributed by atoms with Crippen LogP contribution in [-0.4, -0.2) is 5.91 Å². The van der Waals surface area contributed by atoms with Gasteiger partial charge in [0.1, 0.15) is 11.6 Å². The van der Waals surface area contributed by atoms with E-state index in [0.29, 0.717) is 4.47 Å². The van der Waals surface area contributed by atoms with E-state index >= 15 is 0 Å². The Morgan fingerprint density at radius 1 is 1.11 bits per heavy atom. The standard InChI is InChI=1S/C14H10BrF2NO/c1-8-2-4-11(16)10(6-8)14(19)18-13-5-3-9(15)7-12(13)17/h2-7H,1H3,(H,18,19). The van der Waals surface area contributed by atoms with Gasteiger partial charge in [0, 0.05) is 4.47 Å². The quantitative estimate of drug-likeness (QED) is 0.876. The van der Waals surface area contributed by atoms with Gasteiger partial charge in [0.15, 0.2) is 0 Å². The molecule has 0 fully saturated rings. The number of hydrogen-bond acceptors (Lipinski definition) is 1. The molecule has 0 saturated carbocycles. The van der Waals surface area contributed by atoms with Gasteiger partial charge < -0.3 is 5.32 Å². The maximum atomic E-state index is 13.6. The number of nitrogens with one attached hydrogen (secondary N) is 1. The fourth-order valence-corrected chi connectivity index (χ4v) is 1.93. The summed E-state index contributed by atoms with van der Waals surface area (Å²) in [6.07, 6.45) is 0. The first-order valence-electron chi connectivity index (χ1n) is 5.50. The van der Waals surface area contributed by atoms with E-state index in [2.05, 4.69) is 21.2 Å². The molecule has 19 heavy (non-hydrogen) atoms. The van der Waals surface area contributed by atoms with Crippen molar-refractivity contribution < 1.29 is 13.6 Å². The molecule has 0 aromatic heterocycles. The highest BCUT2D eigenvalue weighted by Crippen LogP contribution is 2.20. The van der Waals surface area contributed by atoms with Crippen molar-refractivity contribution in [1.29, 1.82) is 0 Å². The van der Waals surface area contributed by atoms with Gasteiger partial charge in [-0.1, -0.05) is 27.6 Å². The molecule has 2 nitrogen and oxygen atoms in total. The maximum absolute atomic E-state index is 13.6. The Bertz CT molecular complexity index is 643. The fourth-order valence-electron chi connectivity index (χ4n) is 1.59. The normalized spacial score (nSPS) is 10.3. The van der Waals surface area contributed by atoms with Gasteiger partial charge >= 0.3 is 0 Å². The summed E-state index contributed by atoms with van der Waals surface area (Å²) in [4.78, 5) is 11.9. The predicted molar refractivity (Wildman–Crippen MR) is 73.2 cm³/mol. The van der Waals surface area contributed by atoms with Crippen LogP contribution in [0.15, 0.2) is 40.9 Å². The number of benzene rings is 2. The second-order valence-electron chi connectivity index (χ2n) is 4.06. The molecule has 0 aliphatic heterocycles. The lowest BCUT2D eigenvalue weighted by atomic mass is 10.1. The van der Waals surface area contributed by atoms with Crippen LogP contribution < -0.4 is 5.32 Å². The highest BCUT2D eigenvalue weighted by Gasteiger charge is 2.14. The van der Waals surface area contributed by atoms with Crippen LogP contribution in [0.25, 0.3) is 0 Å². The van der Waals surface area contributed by atoms with E-state index in [1.807, 2.05) is 0 Å². The number of carbonyl (C=O) groups is 1. The van der Waals surface area contributed by atoms with Gasteiger partial charge in [-0.2, -0.15) is 0 Å². The third kappa shape index (κ3) is 3.17. The van der Waals surface area contributed by atoms with Crippen LogP contribution in [0.4, 0.5) is 14.5 Å². The van der Waals surface area contributed by atoms with E-state index < -0.39 is 17.5 Å². The summed E-state index contributed by atoms with van der Waals surface area (Å²) in [5.41, 5.74) is 0.652. The van der Waals surface area contributed by atoms with Crippen molar-refractivity contribution in [3.05, 3.63) is 63.6 Å². The van der Waals surface area contributed by atoms with Gasteiger partial charge in [0.2, 0.25) is 0 Å². The molecule has 5 heteroatoms. The summed E-state index contributed by atoms with van der Waals surface area (Å²) >= 11 is 3.12. The van der Waals surface area contributed by atoms with Gasteiger partial charge in [0.05, 0.1) is 11.3 Å². The number of halogens is 3. The highest BCUT2D eigenvalue weighted by molar-refractivity contribution is 9.10. The number of anilines is 1. The summed E-state index contributed by atoms with van der Waals surface area (Å²) in [6.45, 7) is 1.75. The Kier molecular flexibility index (Phi) is 3.95. The van der Waals surface area contributed by atoms with Crippen molar-refractivity contribution in [3.8, 4) is 0 Å². The molecule has 1 N–H and O–H groups in total. The maximum Gasteiger partial charge on any atom is 0.258 e. The molecule has 0 atom stereocenters. The molecule has 0 heterocycles. The Morgan fingerprint density at radius 2 is 1.84 bits per heavy atom. The van der Waals surface area contributed by atoms with Crippen LogP contribution in [0.2, 0.25) is 0 Å². The fraction of sp³-hybridized carbons (Fsp3) is 0.0714. The average molecular weight is 326 g/mol. The second-order valence-corrected chi connectivity index (χ2v) is 4.98. The van der Waals surface area contributed by atoms with E-state index in [-0.39, 0.29) is 11.3 Å². The second kappa shape index (κ2) is 5.48. The smallest absolute Gasteiger partial charge is 0.258 e. The Labute approximate surface area is 117 Å². The Hall–Kier alpha value is -1.75. The van der Waals surface area contributed by atoms with Crippen molar-refractivity contribution in [1.82, 2.24) is 0 Å². The Morgan fingerprint density at radius 3 is 2.53 bits per heavy atom. The third-order valence-corrected chi connectivity index (χ3v) is 3.04. The van der Waals surface area contributed by atoms with Crippen LogP contribution in [0.3, 0.4) is 0 Å². The Balaban J connectivity index is 2.28. The van der Waals surface area contributed by atoms with Gasteiger partial charge in [0.25, 0.3) is 5.91 Å². The molecule has 2 aromatic carbocycles. The highest BCUT2D eigenvalue weighted by atomic mass is 79.9. The molecule has 0 saturated heterocycles. The first-order chi connectivity index (χ1) is 8.97. The molecule has 1 amide bonds. The third-order valence-electron chi connectivity index (χ3n) is 2.55. The predicted octanol–water partition coefficient (Wildman–Crippen LogP) is 4.29. The zero-order valence-corrected chi connectivity index (χ0v) is 11.6. The average Bonchev–Trinajstić information content (AvgIpc) is 2.35. The van der Waals surface area contributed by atoms with Gasteiger partial charge in [-0.15, -0.1) is 0 Å². The SMILES string of the molecule is Cc1ccc(F)c(C(=O)Nc2ccc(Br)cc2F)c1. The van der Waals surface area contributed by atoms with Gasteiger partial charge in [-0.05, 0) is 37.3 Å². The molecule has 0 aliphatic carbocycles. The summed E-state index contributed by atoms with van der Waals surface area (Å²) in [5, 5.41) is 2.35. The van der Waals surface area contributed by atoms with E-state index in [1.165, 1.54) is 24.3 Å². The van der Waals surface area contributed by atoms with E-state index in [4.69, 9.17) is 0 Å². The molecular weight excluding hydrogens is 316 g/mol. The number of hydrogen-bond donors (Lipinski definition) is 1. The van der Waals surface area contributed by atoms with Crippen LogP contribution in [-0.2, 0) is 0 Å². The van der Waals surface area contributed by atoms with Crippen LogP contribution in [0.1, 0.15) is 15.9 Å².